The summed E-state index contributed by atoms with van der Waals surface area (Å²) in [5.74, 6) is -0.458. The quantitative estimate of drug-likeness (QED) is 0.0965. The summed E-state index contributed by atoms with van der Waals surface area (Å²) in [6.45, 7) is 7.23. The maximum absolute atomic E-state index is 12.2. The van der Waals surface area contributed by atoms with E-state index < -0.39 is 36.3 Å². The van der Waals surface area contributed by atoms with Gasteiger partial charge in [0.2, 0.25) is 5.91 Å². The minimum atomic E-state index is -4.44. The Kier molecular flexibility index (Phi) is 15.4. The number of carbonyl (C=O) groups excluding carboxylic acids is 1. The third-order valence-corrected chi connectivity index (χ3v) is 9.68. The lowest BCUT2D eigenvalue weighted by molar-refractivity contribution is -0.125. The van der Waals surface area contributed by atoms with Crippen LogP contribution in [-0.4, -0.2) is 109 Å². The van der Waals surface area contributed by atoms with Gasteiger partial charge in [0.15, 0.2) is 0 Å². The molecule has 2 atom stereocenters. The highest BCUT2D eigenvalue weighted by atomic mass is 32.2. The van der Waals surface area contributed by atoms with E-state index >= 15 is 0 Å². The smallest absolute Gasteiger partial charge is 0.501 e. The average Bonchev–Trinajstić information content (AvgIpc) is 2.68. The topological polar surface area (TPSA) is 158 Å². The number of hydrogen-bond donors (Lipinski definition) is 4. The van der Waals surface area contributed by atoms with Crippen LogP contribution in [0.1, 0.15) is 20.8 Å². The molecule has 4 N–H and O–H groups in total. The highest BCUT2D eigenvalue weighted by Gasteiger charge is 2.36. The van der Waals surface area contributed by atoms with Crippen LogP contribution in [0, 0.1) is 5.92 Å². The van der Waals surface area contributed by atoms with E-state index in [2.05, 4.69) is 16.0 Å². The van der Waals surface area contributed by atoms with Crippen molar-refractivity contribution >= 4 is 36.6 Å². The molecule has 0 aliphatic carbocycles. The molecule has 0 rings (SSSR count). The molecule has 0 radical (unpaired) electrons. The first-order valence-corrected chi connectivity index (χ1v) is 15.0. The van der Waals surface area contributed by atoms with E-state index in [0.717, 1.165) is 0 Å². The Morgan fingerprint density at radius 3 is 2.19 bits per heavy atom. The van der Waals surface area contributed by atoms with Gasteiger partial charge in [0.25, 0.3) is 0 Å². The van der Waals surface area contributed by atoms with Gasteiger partial charge in [-0.25, -0.2) is 8.42 Å². The van der Waals surface area contributed by atoms with Crippen molar-refractivity contribution < 1.29 is 36.1 Å². The minimum absolute atomic E-state index is 0.327. The molecule has 0 bridgehead atoms. The molecule has 0 saturated heterocycles. The van der Waals surface area contributed by atoms with Crippen LogP contribution in [0.3, 0.4) is 0 Å². The molecule has 1 amide bonds. The predicted octanol–water partition coefficient (Wildman–Crippen LogP) is -0.786. The number of rotatable bonds is 19. The molecular weight excluding hydrogens is 478 g/mol. The fourth-order valence-corrected chi connectivity index (χ4v) is 6.40. The van der Waals surface area contributed by atoms with Gasteiger partial charge in [-0.15, -0.1) is 0 Å². The van der Waals surface area contributed by atoms with Crippen LogP contribution in [-0.2, 0) is 28.2 Å². The summed E-state index contributed by atoms with van der Waals surface area (Å²) in [5, 5.41) is 19.1. The maximum atomic E-state index is 12.2. The van der Waals surface area contributed by atoms with Crippen LogP contribution >= 0.6 is 11.8 Å². The van der Waals surface area contributed by atoms with Gasteiger partial charge >= 0.3 is 8.80 Å². The SMILES string of the molecule is CO[Si](CCNCCNCC(O)CSCC(C)C(=O)NC(C)(C)CS(=O)(=O)[O-])(OC)OC. The van der Waals surface area contributed by atoms with Gasteiger partial charge in [0.05, 0.1) is 22.0 Å². The Morgan fingerprint density at radius 2 is 1.66 bits per heavy atom. The van der Waals surface area contributed by atoms with E-state index in [1.165, 1.54) is 25.6 Å². The molecular formula is C18H40N3O8S2Si-. The molecule has 0 aromatic rings. The molecule has 0 spiro atoms. The second-order valence-electron chi connectivity index (χ2n) is 8.17. The number of carbonyl (C=O) groups is 1. The van der Waals surface area contributed by atoms with Crippen molar-refractivity contribution in [1.29, 1.82) is 0 Å². The molecule has 0 fully saturated rings. The molecule has 0 aromatic carbocycles. The Hall–Kier alpha value is -0.293. The minimum Gasteiger partial charge on any atom is -0.748 e. The van der Waals surface area contributed by atoms with Gasteiger partial charge < -0.3 is 38.9 Å². The zero-order chi connectivity index (χ0) is 24.8. The summed E-state index contributed by atoms with van der Waals surface area (Å²) in [6, 6.07) is 0.658. The van der Waals surface area contributed by atoms with Gasteiger partial charge in [-0.2, -0.15) is 11.8 Å². The lowest BCUT2D eigenvalue weighted by Gasteiger charge is -2.29. The standard InChI is InChI=1S/C18H41N3O8S2Si/c1-15(17(23)21-18(2,3)14-31(24,25)26)12-30-13-16(22)11-20-8-7-19-9-10-32(27-4,28-5)29-6/h15-16,19-20,22H,7-14H2,1-6H3,(H,21,23)(H,24,25,26)/p-1. The summed E-state index contributed by atoms with van der Waals surface area (Å²) >= 11 is 1.44. The molecule has 32 heavy (non-hydrogen) atoms. The largest absolute Gasteiger partial charge is 0.748 e. The number of aliphatic hydroxyl groups is 1. The van der Waals surface area contributed by atoms with Gasteiger partial charge in [-0.1, -0.05) is 6.92 Å². The van der Waals surface area contributed by atoms with Crippen molar-refractivity contribution in [2.45, 2.75) is 38.5 Å². The molecule has 11 nitrogen and oxygen atoms in total. The van der Waals surface area contributed by atoms with Crippen molar-refractivity contribution in [2.24, 2.45) is 5.92 Å². The van der Waals surface area contributed by atoms with E-state index in [-0.39, 0.29) is 11.8 Å². The summed E-state index contributed by atoms with van der Waals surface area (Å²) in [5.41, 5.74) is -1.13. The second-order valence-corrected chi connectivity index (χ2v) is 13.7. The third kappa shape index (κ3) is 14.8. The second kappa shape index (κ2) is 15.6. The van der Waals surface area contributed by atoms with Gasteiger partial charge in [-0.05, 0) is 20.4 Å². The molecule has 0 saturated carbocycles. The van der Waals surface area contributed by atoms with E-state index in [0.29, 0.717) is 43.7 Å². The number of aliphatic hydroxyl groups excluding tert-OH is 1. The number of amides is 1. The van der Waals surface area contributed by atoms with Crippen molar-refractivity contribution in [1.82, 2.24) is 16.0 Å². The number of hydrogen-bond acceptors (Lipinski definition) is 11. The molecule has 0 heterocycles. The van der Waals surface area contributed by atoms with E-state index in [1.54, 1.807) is 28.3 Å². The number of nitrogens with one attached hydrogen (secondary N) is 3. The zero-order valence-electron chi connectivity index (χ0n) is 19.9. The fourth-order valence-electron chi connectivity index (χ4n) is 2.82. The van der Waals surface area contributed by atoms with Crippen LogP contribution in [0.5, 0.6) is 0 Å². The lowest BCUT2D eigenvalue weighted by Crippen LogP contribution is -2.50. The predicted molar refractivity (Wildman–Crippen MR) is 127 cm³/mol. The van der Waals surface area contributed by atoms with Crippen LogP contribution in [0.25, 0.3) is 0 Å². The summed E-state index contributed by atoms with van der Waals surface area (Å²) in [6.07, 6.45) is -0.562. The number of thioether (sulfide) groups is 1. The van der Waals surface area contributed by atoms with E-state index in [9.17, 15) is 22.9 Å². The van der Waals surface area contributed by atoms with Crippen LogP contribution in [0.4, 0.5) is 0 Å². The average molecular weight is 519 g/mol. The molecule has 0 aliphatic rings. The summed E-state index contributed by atoms with van der Waals surface area (Å²) in [4.78, 5) is 12.2. The fraction of sp³-hybridized carbons (Fsp3) is 0.944. The van der Waals surface area contributed by atoms with Gasteiger partial charge in [0, 0.05) is 70.0 Å². The molecule has 0 aliphatic heterocycles. The Balaban J connectivity index is 3.95. The highest BCUT2D eigenvalue weighted by Crippen LogP contribution is 2.13. The summed E-state index contributed by atoms with van der Waals surface area (Å²) < 4.78 is 48.8. The lowest BCUT2D eigenvalue weighted by atomic mass is 10.1. The Morgan fingerprint density at radius 1 is 1.09 bits per heavy atom. The van der Waals surface area contributed by atoms with E-state index in [4.69, 9.17) is 13.3 Å². The van der Waals surface area contributed by atoms with Crippen molar-refractivity contribution in [3.8, 4) is 0 Å². The maximum Gasteiger partial charge on any atom is 0.501 e. The summed E-state index contributed by atoms with van der Waals surface area (Å²) in [7, 11) is -2.26. The van der Waals surface area contributed by atoms with Crippen molar-refractivity contribution in [2.75, 3.05) is 64.8 Å². The molecule has 0 aromatic heterocycles. The Bertz CT molecular complexity index is 627. The molecule has 192 valence electrons. The van der Waals surface area contributed by atoms with Crippen molar-refractivity contribution in [3.05, 3.63) is 0 Å². The zero-order valence-corrected chi connectivity index (χ0v) is 22.6. The van der Waals surface area contributed by atoms with Crippen LogP contribution in [0.15, 0.2) is 0 Å². The highest BCUT2D eigenvalue weighted by molar-refractivity contribution is 7.99. The van der Waals surface area contributed by atoms with Gasteiger partial charge in [-0.3, -0.25) is 4.79 Å². The van der Waals surface area contributed by atoms with E-state index in [1.807, 2.05) is 0 Å². The first-order valence-electron chi connectivity index (χ1n) is 10.4. The monoisotopic (exact) mass is 518 g/mol. The normalized spacial score (nSPS) is 14.9. The van der Waals surface area contributed by atoms with Crippen molar-refractivity contribution in [3.63, 3.8) is 0 Å². The van der Waals surface area contributed by atoms with Gasteiger partial charge in [0.1, 0.15) is 0 Å². The van der Waals surface area contributed by atoms with Crippen LogP contribution in [0.2, 0.25) is 6.04 Å². The first-order chi connectivity index (χ1) is 14.8. The third-order valence-electron chi connectivity index (χ3n) is 4.52. The first kappa shape index (κ1) is 31.7. The molecule has 14 heteroatoms. The molecule has 2 unspecified atom stereocenters. The Labute approximate surface area is 197 Å². The van der Waals surface area contributed by atoms with Crippen LogP contribution < -0.4 is 16.0 Å².